The molecular formula is C20H24N4O4. The van der Waals surface area contributed by atoms with Gasteiger partial charge in [0.25, 0.3) is 5.91 Å². The summed E-state index contributed by atoms with van der Waals surface area (Å²) in [6.45, 7) is 3.53. The highest BCUT2D eigenvalue weighted by Gasteiger charge is 2.21. The number of carbonyl (C=O) groups excluding carboxylic acids is 3. The molecule has 8 heteroatoms. The highest BCUT2D eigenvalue weighted by atomic mass is 16.5. The van der Waals surface area contributed by atoms with Gasteiger partial charge in [0.2, 0.25) is 5.91 Å². The van der Waals surface area contributed by atoms with Gasteiger partial charge in [0, 0.05) is 32.3 Å². The van der Waals surface area contributed by atoms with Crippen molar-refractivity contribution in [3.63, 3.8) is 0 Å². The zero-order valence-corrected chi connectivity index (χ0v) is 16.2. The van der Waals surface area contributed by atoms with Crippen molar-refractivity contribution in [3.05, 3.63) is 48.2 Å². The molecule has 0 bridgehead atoms. The van der Waals surface area contributed by atoms with Crippen LogP contribution >= 0.6 is 0 Å². The Balaban J connectivity index is 2.33. The summed E-state index contributed by atoms with van der Waals surface area (Å²) in [6, 6.07) is 10.2. The Morgan fingerprint density at radius 2 is 1.93 bits per heavy atom. The van der Waals surface area contributed by atoms with Crippen LogP contribution in [0.4, 0.5) is 17.2 Å². The zero-order valence-electron chi connectivity index (χ0n) is 16.2. The maximum Gasteiger partial charge on any atom is 0.307 e. The minimum atomic E-state index is -0.388. The Morgan fingerprint density at radius 3 is 2.54 bits per heavy atom. The van der Waals surface area contributed by atoms with Gasteiger partial charge in [0.15, 0.2) is 0 Å². The van der Waals surface area contributed by atoms with Crippen LogP contribution in [0.1, 0.15) is 30.6 Å². The smallest absolute Gasteiger partial charge is 0.307 e. The fourth-order valence-electron chi connectivity index (χ4n) is 2.61. The number of nitrogens with one attached hydrogen (secondary N) is 2. The first-order valence-corrected chi connectivity index (χ1v) is 8.94. The Labute approximate surface area is 163 Å². The molecule has 0 spiro atoms. The van der Waals surface area contributed by atoms with Crippen LogP contribution in [0.5, 0.6) is 0 Å². The summed E-state index contributed by atoms with van der Waals surface area (Å²) >= 11 is 0. The van der Waals surface area contributed by atoms with Crippen molar-refractivity contribution < 1.29 is 19.1 Å². The zero-order chi connectivity index (χ0) is 20.5. The second-order valence-electron chi connectivity index (χ2n) is 5.89. The van der Waals surface area contributed by atoms with Crippen molar-refractivity contribution in [2.45, 2.75) is 20.3 Å². The van der Waals surface area contributed by atoms with Crippen molar-refractivity contribution in [1.82, 2.24) is 4.98 Å². The van der Waals surface area contributed by atoms with Crippen LogP contribution < -0.4 is 15.5 Å². The fourth-order valence-corrected chi connectivity index (χ4v) is 2.61. The van der Waals surface area contributed by atoms with Crippen LogP contribution in [0.25, 0.3) is 0 Å². The number of pyridine rings is 1. The number of aromatic nitrogens is 1. The average molecular weight is 384 g/mol. The van der Waals surface area contributed by atoms with Crippen molar-refractivity contribution in [3.8, 4) is 0 Å². The van der Waals surface area contributed by atoms with E-state index in [2.05, 4.69) is 15.6 Å². The molecule has 0 fully saturated rings. The number of carbonyl (C=O) groups is 3. The lowest BCUT2D eigenvalue weighted by molar-refractivity contribution is -0.142. The number of rotatable bonds is 8. The molecule has 2 N–H and O–H groups in total. The predicted octanol–water partition coefficient (Wildman–Crippen LogP) is 2.68. The van der Waals surface area contributed by atoms with Crippen molar-refractivity contribution in [2.75, 3.05) is 35.7 Å². The number of hydrogen-bond donors (Lipinski definition) is 2. The average Bonchev–Trinajstić information content (AvgIpc) is 2.68. The van der Waals surface area contributed by atoms with Crippen molar-refractivity contribution in [1.29, 1.82) is 0 Å². The molecule has 0 saturated carbocycles. The number of nitrogens with zero attached hydrogens (tertiary/aromatic N) is 2. The molecule has 0 radical (unpaired) electrons. The first-order valence-electron chi connectivity index (χ1n) is 8.94. The van der Waals surface area contributed by atoms with Gasteiger partial charge < -0.3 is 15.4 Å². The second kappa shape index (κ2) is 10.1. The third-order valence-corrected chi connectivity index (χ3v) is 3.86. The monoisotopic (exact) mass is 384 g/mol. The number of hydrogen-bond acceptors (Lipinski definition) is 6. The van der Waals surface area contributed by atoms with E-state index in [1.54, 1.807) is 56.6 Å². The SMILES string of the molecule is CCOC(=O)CCN(C(=O)c1ccc(NC)c(NC(C)=O)c1)c1ccccn1. The molecule has 0 saturated heterocycles. The quantitative estimate of drug-likeness (QED) is 0.679. The summed E-state index contributed by atoms with van der Waals surface area (Å²) in [5.74, 6) is -0.543. The second-order valence-corrected chi connectivity index (χ2v) is 5.89. The summed E-state index contributed by atoms with van der Waals surface area (Å²) < 4.78 is 4.95. The first kappa shape index (κ1) is 20.9. The molecule has 1 heterocycles. The van der Waals surface area contributed by atoms with Crippen molar-refractivity contribution >= 4 is 35.0 Å². The molecule has 2 rings (SSSR count). The topological polar surface area (TPSA) is 101 Å². The molecule has 1 aromatic heterocycles. The fraction of sp³-hybridized carbons (Fsp3) is 0.300. The third-order valence-electron chi connectivity index (χ3n) is 3.86. The maximum atomic E-state index is 13.2. The molecule has 28 heavy (non-hydrogen) atoms. The molecule has 0 unspecified atom stereocenters. The molecule has 0 aliphatic rings. The molecular weight excluding hydrogens is 360 g/mol. The van der Waals surface area contributed by atoms with Gasteiger partial charge in [0.1, 0.15) is 5.82 Å². The van der Waals surface area contributed by atoms with Gasteiger partial charge in [-0.05, 0) is 37.3 Å². The molecule has 148 valence electrons. The molecule has 2 amide bonds. The lowest BCUT2D eigenvalue weighted by Crippen LogP contribution is -2.34. The minimum absolute atomic E-state index is 0.0449. The van der Waals surface area contributed by atoms with Crippen LogP contribution in [0.15, 0.2) is 42.6 Å². The number of ether oxygens (including phenoxy) is 1. The van der Waals surface area contributed by atoms with Gasteiger partial charge in [-0.15, -0.1) is 0 Å². The van der Waals surface area contributed by atoms with E-state index in [-0.39, 0.29) is 37.4 Å². The standard InChI is InChI=1S/C20H24N4O4/c1-4-28-19(26)10-12-24(18-7-5-6-11-22-18)20(27)15-8-9-16(21-3)17(13-15)23-14(2)25/h5-9,11,13,21H,4,10,12H2,1-3H3,(H,23,25). The van der Waals surface area contributed by atoms with E-state index in [1.165, 1.54) is 11.8 Å². The highest BCUT2D eigenvalue weighted by Crippen LogP contribution is 2.25. The molecule has 8 nitrogen and oxygen atoms in total. The lowest BCUT2D eigenvalue weighted by Gasteiger charge is -2.22. The molecule has 0 atom stereocenters. The summed E-state index contributed by atoms with van der Waals surface area (Å²) in [4.78, 5) is 42.0. The number of esters is 1. The highest BCUT2D eigenvalue weighted by molar-refractivity contribution is 6.07. The Hall–Kier alpha value is -3.42. The van der Waals surface area contributed by atoms with E-state index in [0.29, 0.717) is 22.8 Å². The molecule has 2 aromatic rings. The first-order chi connectivity index (χ1) is 13.5. The number of anilines is 3. The Bertz CT molecular complexity index is 839. The Morgan fingerprint density at radius 1 is 1.14 bits per heavy atom. The summed E-state index contributed by atoms with van der Waals surface area (Å²) in [7, 11) is 1.72. The van der Waals surface area contributed by atoms with Gasteiger partial charge in [-0.1, -0.05) is 6.07 Å². The van der Waals surface area contributed by atoms with Gasteiger partial charge >= 0.3 is 5.97 Å². The van der Waals surface area contributed by atoms with Crippen LogP contribution in [-0.2, 0) is 14.3 Å². The van der Waals surface area contributed by atoms with E-state index in [1.807, 2.05) is 0 Å². The van der Waals surface area contributed by atoms with E-state index >= 15 is 0 Å². The third kappa shape index (κ3) is 5.54. The summed E-state index contributed by atoms with van der Waals surface area (Å²) in [5, 5.41) is 5.67. The van der Waals surface area contributed by atoms with Gasteiger partial charge in [-0.3, -0.25) is 19.3 Å². The van der Waals surface area contributed by atoms with Gasteiger partial charge in [-0.25, -0.2) is 4.98 Å². The summed E-state index contributed by atoms with van der Waals surface area (Å²) in [5.41, 5.74) is 1.53. The number of amides is 2. The normalized spacial score (nSPS) is 10.1. The Kier molecular flexibility index (Phi) is 7.50. The maximum absolute atomic E-state index is 13.2. The number of benzene rings is 1. The van der Waals surface area contributed by atoms with E-state index < -0.39 is 0 Å². The molecule has 0 aliphatic carbocycles. The lowest BCUT2D eigenvalue weighted by atomic mass is 10.1. The van der Waals surface area contributed by atoms with E-state index in [0.717, 1.165) is 0 Å². The van der Waals surface area contributed by atoms with E-state index in [4.69, 9.17) is 4.74 Å². The van der Waals surface area contributed by atoms with Crippen LogP contribution in [0.2, 0.25) is 0 Å². The minimum Gasteiger partial charge on any atom is -0.466 e. The largest absolute Gasteiger partial charge is 0.466 e. The summed E-state index contributed by atoms with van der Waals surface area (Å²) in [6.07, 6.45) is 1.62. The predicted molar refractivity (Wildman–Crippen MR) is 107 cm³/mol. The molecule has 1 aromatic carbocycles. The van der Waals surface area contributed by atoms with E-state index in [9.17, 15) is 14.4 Å². The van der Waals surface area contributed by atoms with Crippen LogP contribution in [-0.4, -0.2) is 43.0 Å². The molecule has 0 aliphatic heterocycles. The van der Waals surface area contributed by atoms with Gasteiger partial charge in [0.05, 0.1) is 24.4 Å². The van der Waals surface area contributed by atoms with Crippen LogP contribution in [0.3, 0.4) is 0 Å². The van der Waals surface area contributed by atoms with Crippen LogP contribution in [0, 0.1) is 0 Å². The van der Waals surface area contributed by atoms with Crippen molar-refractivity contribution in [2.24, 2.45) is 0 Å². The van der Waals surface area contributed by atoms with Gasteiger partial charge in [-0.2, -0.15) is 0 Å².